The highest BCUT2D eigenvalue weighted by atomic mass is 16.2. The van der Waals surface area contributed by atoms with Crippen LogP contribution < -0.4 is 10.2 Å². The number of para-hydroxylation sites is 1. The molecule has 24 heavy (non-hydrogen) atoms. The van der Waals surface area contributed by atoms with Crippen LogP contribution in [0.2, 0.25) is 0 Å². The minimum absolute atomic E-state index is 0.197. The van der Waals surface area contributed by atoms with Crippen molar-refractivity contribution in [1.82, 2.24) is 15.2 Å². The maximum atomic E-state index is 13.4. The standard InChI is InChI=1S/C19H24N4O/c1-14-13-15-5-2-3-7-17(15)23(14)18(16-6-4-8-21-16)19(24)22-11-9-20-10-12-22/h2-8,14,18,20-21H,9-13H2,1H3. The van der Waals surface area contributed by atoms with E-state index >= 15 is 0 Å². The van der Waals surface area contributed by atoms with Crippen LogP contribution >= 0.6 is 0 Å². The molecule has 2 aliphatic heterocycles. The van der Waals surface area contributed by atoms with Crippen LogP contribution in [0.1, 0.15) is 24.2 Å². The lowest BCUT2D eigenvalue weighted by atomic mass is 10.1. The number of aromatic amines is 1. The van der Waals surface area contributed by atoms with E-state index in [4.69, 9.17) is 0 Å². The molecule has 0 aliphatic carbocycles. The highest BCUT2D eigenvalue weighted by molar-refractivity contribution is 5.87. The number of nitrogens with one attached hydrogen (secondary N) is 2. The summed E-state index contributed by atoms with van der Waals surface area (Å²) < 4.78 is 0. The van der Waals surface area contributed by atoms with Crippen LogP contribution in [0.15, 0.2) is 42.6 Å². The van der Waals surface area contributed by atoms with Crippen molar-refractivity contribution in [1.29, 1.82) is 0 Å². The molecule has 4 rings (SSSR count). The first-order chi connectivity index (χ1) is 11.8. The number of benzene rings is 1. The van der Waals surface area contributed by atoms with Crippen LogP contribution in [0.25, 0.3) is 0 Å². The van der Waals surface area contributed by atoms with Gasteiger partial charge in [-0.2, -0.15) is 0 Å². The Bertz CT molecular complexity index is 706. The van der Waals surface area contributed by atoms with Gasteiger partial charge in [-0.1, -0.05) is 18.2 Å². The van der Waals surface area contributed by atoms with Crippen molar-refractivity contribution in [2.45, 2.75) is 25.4 Å². The van der Waals surface area contributed by atoms with Gasteiger partial charge in [0.1, 0.15) is 6.04 Å². The topological polar surface area (TPSA) is 51.4 Å². The lowest BCUT2D eigenvalue weighted by molar-refractivity contribution is -0.133. The van der Waals surface area contributed by atoms with Crippen LogP contribution in [-0.4, -0.2) is 48.0 Å². The molecule has 3 heterocycles. The molecule has 5 nitrogen and oxygen atoms in total. The number of carbonyl (C=O) groups excluding carboxylic acids is 1. The maximum Gasteiger partial charge on any atom is 0.251 e. The summed E-state index contributed by atoms with van der Waals surface area (Å²) in [4.78, 5) is 20.9. The van der Waals surface area contributed by atoms with Crippen LogP contribution in [-0.2, 0) is 11.2 Å². The number of carbonyl (C=O) groups is 1. The monoisotopic (exact) mass is 324 g/mol. The lowest BCUT2D eigenvalue weighted by Gasteiger charge is -2.37. The minimum atomic E-state index is -0.281. The molecule has 126 valence electrons. The number of hydrogen-bond donors (Lipinski definition) is 2. The van der Waals surface area contributed by atoms with E-state index in [9.17, 15) is 4.79 Å². The number of fused-ring (bicyclic) bond motifs is 1. The zero-order chi connectivity index (χ0) is 16.5. The Kier molecular flexibility index (Phi) is 4.02. The number of aromatic nitrogens is 1. The van der Waals surface area contributed by atoms with Gasteiger partial charge in [0.2, 0.25) is 0 Å². The second-order valence-electron chi connectivity index (χ2n) is 6.69. The van der Waals surface area contributed by atoms with Crippen molar-refractivity contribution >= 4 is 11.6 Å². The molecule has 2 aromatic rings. The van der Waals surface area contributed by atoms with Gasteiger partial charge in [0.25, 0.3) is 5.91 Å². The third-order valence-electron chi connectivity index (χ3n) is 5.12. The molecular formula is C19H24N4O. The molecule has 1 amide bonds. The van der Waals surface area contributed by atoms with E-state index in [1.54, 1.807) is 0 Å². The van der Waals surface area contributed by atoms with E-state index in [0.29, 0.717) is 6.04 Å². The second kappa shape index (κ2) is 6.32. The van der Waals surface area contributed by atoms with Crippen LogP contribution in [0.3, 0.4) is 0 Å². The van der Waals surface area contributed by atoms with Gasteiger partial charge < -0.3 is 20.1 Å². The number of hydrogen-bond acceptors (Lipinski definition) is 3. The minimum Gasteiger partial charge on any atom is -0.363 e. The van der Waals surface area contributed by atoms with Crippen LogP contribution in [0, 0.1) is 0 Å². The number of amides is 1. The molecular weight excluding hydrogens is 300 g/mol. The lowest BCUT2D eigenvalue weighted by Crippen LogP contribution is -2.51. The fourth-order valence-electron chi connectivity index (χ4n) is 3.96. The Morgan fingerprint density at radius 1 is 1.17 bits per heavy atom. The van der Waals surface area contributed by atoms with Gasteiger partial charge in [-0.25, -0.2) is 0 Å². The van der Waals surface area contributed by atoms with Crippen LogP contribution in [0.4, 0.5) is 5.69 Å². The molecule has 0 spiro atoms. The van der Waals surface area contributed by atoms with Gasteiger partial charge in [0.05, 0.1) is 0 Å². The number of nitrogens with zero attached hydrogens (tertiary/aromatic N) is 2. The summed E-state index contributed by atoms with van der Waals surface area (Å²) in [7, 11) is 0. The largest absolute Gasteiger partial charge is 0.363 e. The number of piperazine rings is 1. The van der Waals surface area contributed by atoms with Gasteiger partial charge in [0, 0.05) is 49.8 Å². The van der Waals surface area contributed by atoms with Crippen molar-refractivity contribution in [3.05, 3.63) is 53.9 Å². The smallest absolute Gasteiger partial charge is 0.251 e. The molecule has 0 radical (unpaired) electrons. The van der Waals surface area contributed by atoms with Crippen molar-refractivity contribution in [3.63, 3.8) is 0 Å². The van der Waals surface area contributed by atoms with E-state index in [0.717, 1.165) is 38.3 Å². The van der Waals surface area contributed by atoms with Crippen molar-refractivity contribution in [3.8, 4) is 0 Å². The highest BCUT2D eigenvalue weighted by Gasteiger charge is 2.39. The van der Waals surface area contributed by atoms with E-state index in [-0.39, 0.29) is 11.9 Å². The van der Waals surface area contributed by atoms with Crippen molar-refractivity contribution < 1.29 is 4.79 Å². The molecule has 2 unspecified atom stereocenters. The Labute approximate surface area is 142 Å². The Hall–Kier alpha value is -2.27. The number of anilines is 1. The van der Waals surface area contributed by atoms with Gasteiger partial charge in [-0.3, -0.25) is 4.79 Å². The fraction of sp³-hybridized carbons (Fsp3) is 0.421. The molecule has 1 aromatic carbocycles. The molecule has 2 aliphatic rings. The third kappa shape index (κ3) is 2.59. The second-order valence-corrected chi connectivity index (χ2v) is 6.69. The summed E-state index contributed by atoms with van der Waals surface area (Å²) in [5.41, 5.74) is 3.49. The summed E-state index contributed by atoms with van der Waals surface area (Å²) in [5, 5.41) is 3.32. The highest BCUT2D eigenvalue weighted by Crippen LogP contribution is 2.39. The summed E-state index contributed by atoms with van der Waals surface area (Å²) in [5.74, 6) is 0.197. The number of H-pyrrole nitrogens is 1. The first kappa shape index (κ1) is 15.3. The third-order valence-corrected chi connectivity index (χ3v) is 5.12. The molecule has 2 atom stereocenters. The average molecular weight is 324 g/mol. The SMILES string of the molecule is CC1Cc2ccccc2N1C(C(=O)N1CCNCC1)c1ccc[nH]1. The van der Waals surface area contributed by atoms with E-state index in [2.05, 4.69) is 46.4 Å². The van der Waals surface area contributed by atoms with Gasteiger partial charge in [-0.15, -0.1) is 0 Å². The van der Waals surface area contributed by atoms with E-state index in [1.165, 1.54) is 11.3 Å². The Morgan fingerprint density at radius 2 is 1.96 bits per heavy atom. The van der Waals surface area contributed by atoms with Gasteiger partial charge in [-0.05, 0) is 37.1 Å². The predicted molar refractivity (Wildman–Crippen MR) is 95.1 cm³/mol. The first-order valence-electron chi connectivity index (χ1n) is 8.75. The molecule has 1 saturated heterocycles. The van der Waals surface area contributed by atoms with Crippen LogP contribution in [0.5, 0.6) is 0 Å². The predicted octanol–water partition coefficient (Wildman–Crippen LogP) is 1.94. The van der Waals surface area contributed by atoms with Crippen molar-refractivity contribution in [2.75, 3.05) is 31.1 Å². The van der Waals surface area contributed by atoms with E-state index < -0.39 is 0 Å². The van der Waals surface area contributed by atoms with Gasteiger partial charge in [0.15, 0.2) is 0 Å². The van der Waals surface area contributed by atoms with E-state index in [1.807, 2.05) is 23.2 Å². The summed E-state index contributed by atoms with van der Waals surface area (Å²) in [6.45, 7) is 5.51. The first-order valence-corrected chi connectivity index (χ1v) is 8.75. The molecule has 1 fully saturated rings. The zero-order valence-electron chi connectivity index (χ0n) is 14.0. The zero-order valence-corrected chi connectivity index (χ0v) is 14.0. The molecule has 1 aromatic heterocycles. The molecule has 0 bridgehead atoms. The quantitative estimate of drug-likeness (QED) is 0.907. The molecule has 0 saturated carbocycles. The Morgan fingerprint density at radius 3 is 2.71 bits per heavy atom. The summed E-state index contributed by atoms with van der Waals surface area (Å²) in [6, 6.07) is 12.5. The van der Waals surface area contributed by atoms with Crippen molar-refractivity contribution in [2.24, 2.45) is 0 Å². The molecule has 2 N–H and O–H groups in total. The normalized spacial score (nSPS) is 21.6. The maximum absolute atomic E-state index is 13.4. The number of rotatable bonds is 3. The molecule has 5 heteroatoms. The summed E-state index contributed by atoms with van der Waals surface area (Å²) >= 11 is 0. The summed E-state index contributed by atoms with van der Waals surface area (Å²) in [6.07, 6.45) is 2.89. The Balaban J connectivity index is 1.72. The fourth-order valence-corrected chi connectivity index (χ4v) is 3.96. The van der Waals surface area contributed by atoms with Gasteiger partial charge >= 0.3 is 0 Å². The average Bonchev–Trinajstić information content (AvgIpc) is 3.25.